The maximum Gasteiger partial charge on any atom is 0.344 e. The van der Waals surface area contributed by atoms with Crippen LogP contribution in [-0.2, 0) is 6.54 Å². The number of hydrogen-bond donors (Lipinski definition) is 0. The normalized spacial score (nSPS) is 10.9. The van der Waals surface area contributed by atoms with Crippen LogP contribution in [0.3, 0.4) is 0 Å². The molecule has 0 amide bonds. The molecule has 0 saturated heterocycles. The monoisotopic (exact) mass is 482 g/mol. The fourth-order valence-corrected chi connectivity index (χ4v) is 4.13. The van der Waals surface area contributed by atoms with Crippen molar-refractivity contribution in [3.8, 4) is 17.1 Å². The first kappa shape index (κ1) is 20.2. The van der Waals surface area contributed by atoms with Gasteiger partial charge in [0.05, 0.1) is 16.6 Å². The number of imidazole rings is 1. The lowest BCUT2D eigenvalue weighted by Crippen LogP contribution is -2.09. The summed E-state index contributed by atoms with van der Waals surface area (Å²) in [6.45, 7) is 0.718. The van der Waals surface area contributed by atoms with Crippen molar-refractivity contribution in [1.29, 1.82) is 0 Å². The first-order valence-electron chi connectivity index (χ1n) is 10.3. The summed E-state index contributed by atoms with van der Waals surface area (Å²) in [6.07, 6.45) is 0. The average Bonchev–Trinajstić information content (AvgIpc) is 3.19. The summed E-state index contributed by atoms with van der Waals surface area (Å²) in [4.78, 5) is 17.4. The first-order valence-corrected chi connectivity index (χ1v) is 11.0. The predicted molar refractivity (Wildman–Crippen MR) is 130 cm³/mol. The molecule has 5 rings (SSSR count). The average molecular weight is 483 g/mol. The topological polar surface area (TPSA) is 44.1 Å². The van der Waals surface area contributed by atoms with Gasteiger partial charge in [0, 0.05) is 16.6 Å². The number of aromatic nitrogens is 2. The molecule has 5 heteroatoms. The molecule has 0 aliphatic carbocycles. The summed E-state index contributed by atoms with van der Waals surface area (Å²) in [5.41, 5.74) is 4.67. The molecular weight excluding hydrogens is 464 g/mol. The molecule has 0 aliphatic rings. The molecule has 0 radical (unpaired) electrons. The van der Waals surface area contributed by atoms with Crippen molar-refractivity contribution in [2.45, 2.75) is 6.54 Å². The third-order valence-corrected chi connectivity index (χ3v) is 5.95. The predicted octanol–water partition coefficient (Wildman–Crippen LogP) is 6.73. The van der Waals surface area contributed by atoms with Gasteiger partial charge in [-0.15, -0.1) is 0 Å². The number of para-hydroxylation sites is 2. The van der Waals surface area contributed by atoms with Crippen LogP contribution in [0.5, 0.6) is 5.75 Å². The third-order valence-electron chi connectivity index (χ3n) is 5.25. The SMILES string of the molecule is O=C(Oc1ccc(-c2nc3ccccc3n2Cc2ccccc2)cc1)c1ccccc1Br. The van der Waals surface area contributed by atoms with Gasteiger partial charge < -0.3 is 9.30 Å². The van der Waals surface area contributed by atoms with Gasteiger partial charge in [-0.2, -0.15) is 0 Å². The Morgan fingerprint density at radius 2 is 1.50 bits per heavy atom. The Morgan fingerprint density at radius 1 is 0.812 bits per heavy atom. The summed E-state index contributed by atoms with van der Waals surface area (Å²) < 4.78 is 8.48. The second kappa shape index (κ2) is 8.81. The zero-order chi connectivity index (χ0) is 21.9. The fraction of sp³-hybridized carbons (Fsp3) is 0.0370. The first-order chi connectivity index (χ1) is 15.7. The fourth-order valence-electron chi connectivity index (χ4n) is 3.68. The minimum absolute atomic E-state index is 0.401. The van der Waals surface area contributed by atoms with Crippen molar-refractivity contribution < 1.29 is 9.53 Å². The van der Waals surface area contributed by atoms with E-state index in [1.54, 1.807) is 18.2 Å². The minimum atomic E-state index is -0.401. The summed E-state index contributed by atoms with van der Waals surface area (Å²) in [7, 11) is 0. The van der Waals surface area contributed by atoms with E-state index in [0.29, 0.717) is 15.8 Å². The van der Waals surface area contributed by atoms with Crippen LogP contribution in [0, 0.1) is 0 Å². The Morgan fingerprint density at radius 3 is 2.28 bits per heavy atom. The number of esters is 1. The van der Waals surface area contributed by atoms with Gasteiger partial charge in [-0.3, -0.25) is 0 Å². The second-order valence-electron chi connectivity index (χ2n) is 7.39. The largest absolute Gasteiger partial charge is 0.423 e. The van der Waals surface area contributed by atoms with Crippen molar-refractivity contribution in [2.24, 2.45) is 0 Å². The van der Waals surface area contributed by atoms with Crippen molar-refractivity contribution in [3.05, 3.63) is 119 Å². The number of benzene rings is 4. The molecule has 0 aliphatic heterocycles. The number of fused-ring (bicyclic) bond motifs is 1. The molecule has 156 valence electrons. The van der Waals surface area contributed by atoms with Crippen molar-refractivity contribution >= 4 is 32.9 Å². The van der Waals surface area contributed by atoms with Crippen LogP contribution in [0.4, 0.5) is 0 Å². The standard InChI is InChI=1S/C27H19BrN2O2/c28-23-11-5-4-10-22(23)27(31)32-21-16-14-20(15-17-21)26-29-24-12-6-7-13-25(24)30(26)18-19-8-2-1-3-9-19/h1-17H,18H2. The van der Waals surface area contributed by atoms with E-state index in [2.05, 4.69) is 38.7 Å². The highest BCUT2D eigenvalue weighted by Crippen LogP contribution is 2.28. The van der Waals surface area contributed by atoms with Crippen molar-refractivity contribution in [1.82, 2.24) is 9.55 Å². The van der Waals surface area contributed by atoms with Gasteiger partial charge in [-0.1, -0.05) is 54.6 Å². The lowest BCUT2D eigenvalue weighted by molar-refractivity contribution is 0.0734. The molecule has 32 heavy (non-hydrogen) atoms. The van der Waals surface area contributed by atoms with Gasteiger partial charge in [0.1, 0.15) is 11.6 Å². The summed E-state index contributed by atoms with van der Waals surface area (Å²) >= 11 is 3.39. The van der Waals surface area contributed by atoms with E-state index in [9.17, 15) is 4.79 Å². The van der Waals surface area contributed by atoms with Crippen LogP contribution in [0.1, 0.15) is 15.9 Å². The Bertz CT molecular complexity index is 1390. The third kappa shape index (κ3) is 4.07. The number of carbonyl (C=O) groups excluding carboxylic acids is 1. The van der Waals surface area contributed by atoms with Crippen LogP contribution in [0.15, 0.2) is 108 Å². The zero-order valence-electron chi connectivity index (χ0n) is 17.1. The molecule has 0 bridgehead atoms. The summed E-state index contributed by atoms with van der Waals surface area (Å²) in [5.74, 6) is 0.959. The van der Waals surface area contributed by atoms with E-state index >= 15 is 0 Å². The van der Waals surface area contributed by atoms with Crippen molar-refractivity contribution in [3.63, 3.8) is 0 Å². The van der Waals surface area contributed by atoms with Crippen LogP contribution < -0.4 is 4.74 Å². The molecule has 5 aromatic rings. The number of ether oxygens (including phenoxy) is 1. The van der Waals surface area contributed by atoms with Crippen LogP contribution >= 0.6 is 15.9 Å². The molecule has 0 unspecified atom stereocenters. The molecule has 1 aromatic heterocycles. The van der Waals surface area contributed by atoms with Crippen molar-refractivity contribution in [2.75, 3.05) is 0 Å². The molecule has 0 N–H and O–H groups in total. The summed E-state index contributed by atoms with van der Waals surface area (Å²) in [6, 6.07) is 33.2. The van der Waals surface area contributed by atoms with Crippen LogP contribution in [0.2, 0.25) is 0 Å². The number of nitrogens with zero attached hydrogens (tertiary/aromatic N) is 2. The number of rotatable bonds is 5. The van der Waals surface area contributed by atoms with Gasteiger partial charge in [-0.05, 0) is 70.0 Å². The molecule has 4 aromatic carbocycles. The Balaban J connectivity index is 1.46. The molecule has 0 fully saturated rings. The quantitative estimate of drug-likeness (QED) is 0.206. The van der Waals surface area contributed by atoms with Gasteiger partial charge in [0.15, 0.2) is 0 Å². The van der Waals surface area contributed by atoms with Gasteiger partial charge in [0.2, 0.25) is 0 Å². The lowest BCUT2D eigenvalue weighted by Gasteiger charge is -2.11. The Hall–Kier alpha value is -3.70. The number of hydrogen-bond acceptors (Lipinski definition) is 3. The lowest BCUT2D eigenvalue weighted by atomic mass is 10.2. The van der Waals surface area contributed by atoms with E-state index in [1.165, 1.54) is 5.56 Å². The highest BCUT2D eigenvalue weighted by molar-refractivity contribution is 9.10. The van der Waals surface area contributed by atoms with Crippen LogP contribution in [-0.4, -0.2) is 15.5 Å². The van der Waals surface area contributed by atoms with Crippen LogP contribution in [0.25, 0.3) is 22.4 Å². The Labute approximate surface area is 194 Å². The van der Waals surface area contributed by atoms with E-state index in [-0.39, 0.29) is 0 Å². The highest BCUT2D eigenvalue weighted by atomic mass is 79.9. The second-order valence-corrected chi connectivity index (χ2v) is 8.24. The smallest absolute Gasteiger partial charge is 0.344 e. The summed E-state index contributed by atoms with van der Waals surface area (Å²) in [5, 5.41) is 0. The Kier molecular flexibility index (Phi) is 5.57. The highest BCUT2D eigenvalue weighted by Gasteiger charge is 2.15. The number of halogens is 1. The minimum Gasteiger partial charge on any atom is -0.423 e. The van der Waals surface area contributed by atoms with Gasteiger partial charge in [0.25, 0.3) is 0 Å². The van der Waals surface area contributed by atoms with E-state index in [1.807, 2.05) is 66.7 Å². The maximum absolute atomic E-state index is 12.5. The molecule has 1 heterocycles. The molecular formula is C27H19BrN2O2. The molecule has 0 atom stereocenters. The van der Waals surface area contributed by atoms with Gasteiger partial charge >= 0.3 is 5.97 Å². The van der Waals surface area contributed by atoms with Gasteiger partial charge in [-0.25, -0.2) is 9.78 Å². The molecule has 0 spiro atoms. The molecule has 4 nitrogen and oxygen atoms in total. The van der Waals surface area contributed by atoms with E-state index in [4.69, 9.17) is 9.72 Å². The van der Waals surface area contributed by atoms with E-state index < -0.39 is 5.97 Å². The molecule has 0 saturated carbocycles. The van der Waals surface area contributed by atoms with E-state index in [0.717, 1.165) is 29.0 Å². The number of carbonyl (C=O) groups is 1. The zero-order valence-corrected chi connectivity index (χ0v) is 18.7. The maximum atomic E-state index is 12.5.